The molecule has 0 radical (unpaired) electrons. The van der Waals surface area contributed by atoms with Crippen molar-refractivity contribution in [2.75, 3.05) is 0 Å². The predicted molar refractivity (Wildman–Crippen MR) is 53.7 cm³/mol. The van der Waals surface area contributed by atoms with E-state index in [9.17, 15) is 0 Å². The van der Waals surface area contributed by atoms with Crippen molar-refractivity contribution in [2.24, 2.45) is 7.05 Å². The SMILES string of the molecule is Cn1nccc1-c1ccccc1Cl. The Labute approximate surface area is 81.8 Å². The van der Waals surface area contributed by atoms with Gasteiger partial charge in [0.2, 0.25) is 0 Å². The van der Waals surface area contributed by atoms with Gasteiger partial charge in [0.15, 0.2) is 0 Å². The Morgan fingerprint density at radius 1 is 1.23 bits per heavy atom. The van der Waals surface area contributed by atoms with Gasteiger partial charge in [0.05, 0.1) is 5.69 Å². The van der Waals surface area contributed by atoms with Crippen LogP contribution in [-0.2, 0) is 7.05 Å². The maximum absolute atomic E-state index is 6.05. The summed E-state index contributed by atoms with van der Waals surface area (Å²) in [6.07, 6.45) is 1.76. The van der Waals surface area contributed by atoms with Gasteiger partial charge < -0.3 is 0 Å². The monoisotopic (exact) mass is 192 g/mol. The molecule has 2 rings (SSSR count). The molecular formula is C10H9ClN2. The van der Waals surface area contributed by atoms with Crippen molar-refractivity contribution in [1.82, 2.24) is 9.78 Å². The quantitative estimate of drug-likeness (QED) is 0.680. The number of nitrogens with zero attached hydrogens (tertiary/aromatic N) is 2. The van der Waals surface area contributed by atoms with Crippen LogP contribution in [0.15, 0.2) is 36.5 Å². The summed E-state index contributed by atoms with van der Waals surface area (Å²) in [5, 5.41) is 4.85. The maximum Gasteiger partial charge on any atom is 0.0693 e. The highest BCUT2D eigenvalue weighted by Crippen LogP contribution is 2.26. The van der Waals surface area contributed by atoms with Gasteiger partial charge in [-0.25, -0.2) is 0 Å². The van der Waals surface area contributed by atoms with Crippen LogP contribution in [0.25, 0.3) is 11.3 Å². The Morgan fingerprint density at radius 2 is 2.00 bits per heavy atom. The summed E-state index contributed by atoms with van der Waals surface area (Å²) in [6.45, 7) is 0. The Morgan fingerprint density at radius 3 is 2.62 bits per heavy atom. The first-order valence-corrected chi connectivity index (χ1v) is 4.40. The topological polar surface area (TPSA) is 17.8 Å². The van der Waals surface area contributed by atoms with Crippen LogP contribution < -0.4 is 0 Å². The molecule has 0 fully saturated rings. The van der Waals surface area contributed by atoms with E-state index in [1.807, 2.05) is 37.4 Å². The van der Waals surface area contributed by atoms with Crippen LogP contribution in [0.4, 0.5) is 0 Å². The van der Waals surface area contributed by atoms with Gasteiger partial charge in [0, 0.05) is 23.8 Å². The second kappa shape index (κ2) is 3.23. The molecule has 13 heavy (non-hydrogen) atoms. The summed E-state index contributed by atoms with van der Waals surface area (Å²) in [7, 11) is 1.90. The van der Waals surface area contributed by atoms with E-state index >= 15 is 0 Å². The Balaban J connectivity index is 2.59. The fourth-order valence-corrected chi connectivity index (χ4v) is 1.54. The summed E-state index contributed by atoms with van der Waals surface area (Å²) < 4.78 is 1.81. The second-order valence-electron chi connectivity index (χ2n) is 2.82. The highest BCUT2D eigenvalue weighted by atomic mass is 35.5. The largest absolute Gasteiger partial charge is 0.268 e. The minimum absolute atomic E-state index is 0.756. The van der Waals surface area contributed by atoms with Gasteiger partial charge in [-0.2, -0.15) is 5.10 Å². The van der Waals surface area contributed by atoms with Gasteiger partial charge in [-0.1, -0.05) is 29.8 Å². The number of aryl methyl sites for hydroxylation is 1. The van der Waals surface area contributed by atoms with E-state index in [4.69, 9.17) is 11.6 Å². The molecule has 2 aromatic rings. The molecule has 2 nitrogen and oxygen atoms in total. The molecule has 0 unspecified atom stereocenters. The Kier molecular flexibility index (Phi) is 2.07. The number of aromatic nitrogens is 2. The lowest BCUT2D eigenvalue weighted by atomic mass is 10.1. The van der Waals surface area contributed by atoms with Crippen LogP contribution in [0.1, 0.15) is 0 Å². The third-order valence-electron chi connectivity index (χ3n) is 1.97. The number of hydrogen-bond acceptors (Lipinski definition) is 1. The Bertz CT molecular complexity index is 420. The molecule has 3 heteroatoms. The normalized spacial score (nSPS) is 10.3. The van der Waals surface area contributed by atoms with E-state index in [1.165, 1.54) is 0 Å². The number of rotatable bonds is 1. The van der Waals surface area contributed by atoms with E-state index < -0.39 is 0 Å². The summed E-state index contributed by atoms with van der Waals surface area (Å²) >= 11 is 6.05. The minimum atomic E-state index is 0.756. The fourth-order valence-electron chi connectivity index (χ4n) is 1.31. The molecule has 0 spiro atoms. The lowest BCUT2D eigenvalue weighted by Gasteiger charge is -2.03. The second-order valence-corrected chi connectivity index (χ2v) is 3.23. The third kappa shape index (κ3) is 1.45. The number of halogens is 1. The standard InChI is InChI=1S/C10H9ClN2/c1-13-10(6-7-12-13)8-4-2-3-5-9(8)11/h2-7H,1H3. The van der Waals surface area contributed by atoms with E-state index in [0.29, 0.717) is 0 Å². The first-order valence-electron chi connectivity index (χ1n) is 4.02. The van der Waals surface area contributed by atoms with Gasteiger partial charge in [0.25, 0.3) is 0 Å². The molecule has 0 saturated heterocycles. The highest BCUT2D eigenvalue weighted by Gasteiger charge is 2.04. The molecule has 0 atom stereocenters. The maximum atomic E-state index is 6.05. The molecule has 1 aromatic carbocycles. The molecule has 0 aliphatic carbocycles. The lowest BCUT2D eigenvalue weighted by molar-refractivity contribution is 0.776. The van der Waals surface area contributed by atoms with Crippen molar-refractivity contribution >= 4 is 11.6 Å². The third-order valence-corrected chi connectivity index (χ3v) is 2.30. The minimum Gasteiger partial charge on any atom is -0.268 e. The lowest BCUT2D eigenvalue weighted by Crippen LogP contribution is -1.93. The van der Waals surface area contributed by atoms with Crippen molar-refractivity contribution in [3.8, 4) is 11.3 Å². The molecule has 1 heterocycles. The van der Waals surface area contributed by atoms with E-state index in [0.717, 1.165) is 16.3 Å². The average molecular weight is 193 g/mol. The van der Waals surface area contributed by atoms with Crippen LogP contribution in [0.3, 0.4) is 0 Å². The zero-order valence-electron chi connectivity index (χ0n) is 7.24. The van der Waals surface area contributed by atoms with E-state index in [-0.39, 0.29) is 0 Å². The smallest absolute Gasteiger partial charge is 0.0693 e. The van der Waals surface area contributed by atoms with Crippen molar-refractivity contribution in [1.29, 1.82) is 0 Å². The molecule has 1 aromatic heterocycles. The molecule has 66 valence electrons. The number of hydrogen-bond donors (Lipinski definition) is 0. The van der Waals surface area contributed by atoms with Gasteiger partial charge >= 0.3 is 0 Å². The van der Waals surface area contributed by atoms with E-state index in [2.05, 4.69) is 5.10 Å². The molecular weight excluding hydrogens is 184 g/mol. The van der Waals surface area contributed by atoms with Gasteiger partial charge in [0.1, 0.15) is 0 Å². The van der Waals surface area contributed by atoms with Crippen LogP contribution >= 0.6 is 11.6 Å². The number of benzene rings is 1. The van der Waals surface area contributed by atoms with E-state index in [1.54, 1.807) is 10.9 Å². The zero-order chi connectivity index (χ0) is 9.26. The summed E-state index contributed by atoms with van der Waals surface area (Å²) in [6, 6.07) is 9.70. The van der Waals surface area contributed by atoms with Crippen LogP contribution in [0.5, 0.6) is 0 Å². The predicted octanol–water partition coefficient (Wildman–Crippen LogP) is 2.74. The van der Waals surface area contributed by atoms with Crippen LogP contribution in [0, 0.1) is 0 Å². The molecule has 0 amide bonds. The molecule has 0 aliphatic rings. The molecule has 0 aliphatic heterocycles. The van der Waals surface area contributed by atoms with Crippen molar-refractivity contribution in [3.63, 3.8) is 0 Å². The van der Waals surface area contributed by atoms with Gasteiger partial charge in [-0.3, -0.25) is 4.68 Å². The first-order chi connectivity index (χ1) is 6.29. The van der Waals surface area contributed by atoms with Crippen molar-refractivity contribution < 1.29 is 0 Å². The van der Waals surface area contributed by atoms with Crippen molar-refractivity contribution in [3.05, 3.63) is 41.6 Å². The Hall–Kier alpha value is -1.28. The molecule has 0 saturated carbocycles. The summed E-state index contributed by atoms with van der Waals surface area (Å²) in [5.74, 6) is 0. The molecule has 0 N–H and O–H groups in total. The first kappa shape index (κ1) is 8.32. The highest BCUT2D eigenvalue weighted by molar-refractivity contribution is 6.33. The van der Waals surface area contributed by atoms with Crippen molar-refractivity contribution in [2.45, 2.75) is 0 Å². The van der Waals surface area contributed by atoms with Gasteiger partial charge in [-0.15, -0.1) is 0 Å². The van der Waals surface area contributed by atoms with Gasteiger partial charge in [-0.05, 0) is 12.1 Å². The summed E-state index contributed by atoms with van der Waals surface area (Å²) in [5.41, 5.74) is 2.05. The molecule has 0 bridgehead atoms. The van der Waals surface area contributed by atoms with Crippen LogP contribution in [-0.4, -0.2) is 9.78 Å². The van der Waals surface area contributed by atoms with Crippen LogP contribution in [0.2, 0.25) is 5.02 Å². The fraction of sp³-hybridized carbons (Fsp3) is 0.100. The summed E-state index contributed by atoms with van der Waals surface area (Å²) in [4.78, 5) is 0. The zero-order valence-corrected chi connectivity index (χ0v) is 7.99. The average Bonchev–Trinajstić information content (AvgIpc) is 2.52.